The lowest BCUT2D eigenvalue weighted by molar-refractivity contribution is -0.0851. The summed E-state index contributed by atoms with van der Waals surface area (Å²) >= 11 is 0. The number of fused-ring (bicyclic) bond motifs is 1. The van der Waals surface area contributed by atoms with Gasteiger partial charge in [-0.15, -0.1) is 0 Å². The normalized spacial score (nSPS) is 17.1. The molecule has 2 N–H and O–H groups in total. The van der Waals surface area contributed by atoms with Crippen LogP contribution in [0.2, 0.25) is 0 Å². The van der Waals surface area contributed by atoms with E-state index in [2.05, 4.69) is 5.32 Å². The quantitative estimate of drug-likeness (QED) is 0.850. The van der Waals surface area contributed by atoms with Crippen molar-refractivity contribution in [1.29, 1.82) is 0 Å². The Kier molecular flexibility index (Phi) is 3.50. The lowest BCUT2D eigenvalue weighted by atomic mass is 10.1. The highest BCUT2D eigenvalue weighted by Gasteiger charge is 2.31. The highest BCUT2D eigenvalue weighted by atomic mass is 16.5. The zero-order chi connectivity index (χ0) is 14.8. The summed E-state index contributed by atoms with van der Waals surface area (Å²) < 4.78 is 5.39. The van der Waals surface area contributed by atoms with Crippen molar-refractivity contribution < 1.29 is 14.7 Å². The fourth-order valence-corrected chi connectivity index (χ4v) is 2.38. The van der Waals surface area contributed by atoms with E-state index in [4.69, 9.17) is 4.74 Å². The summed E-state index contributed by atoms with van der Waals surface area (Å²) in [6.45, 7) is 2.51. The summed E-state index contributed by atoms with van der Waals surface area (Å²) in [6.07, 6.45) is -0.608. The smallest absolute Gasteiger partial charge is 0.281 e. The Balaban J connectivity index is 1.91. The predicted molar refractivity (Wildman–Crippen MR) is 78.4 cm³/mol. The molecule has 5 heteroatoms. The van der Waals surface area contributed by atoms with Gasteiger partial charge in [0, 0.05) is 5.69 Å². The molecule has 108 valence electrons. The zero-order valence-corrected chi connectivity index (χ0v) is 11.6. The molecule has 21 heavy (non-hydrogen) atoms. The number of carbonyl (C=O) groups excluding carboxylic acids is 1. The Morgan fingerprint density at radius 2 is 1.90 bits per heavy atom. The van der Waals surface area contributed by atoms with Gasteiger partial charge < -0.3 is 10.1 Å². The van der Waals surface area contributed by atoms with E-state index in [1.165, 1.54) is 0 Å². The molecule has 0 saturated carbocycles. The Hall–Kier alpha value is -2.53. The lowest BCUT2D eigenvalue weighted by Crippen LogP contribution is -2.40. The highest BCUT2D eigenvalue weighted by molar-refractivity contribution is 6.00. The maximum absolute atomic E-state index is 12.2. The Morgan fingerprint density at radius 1 is 1.19 bits per heavy atom. The Morgan fingerprint density at radius 3 is 2.62 bits per heavy atom. The van der Waals surface area contributed by atoms with E-state index in [9.17, 15) is 10.0 Å². The number of hydrogen-bond acceptors (Lipinski definition) is 4. The molecular formula is C16H16N2O3. The molecular weight excluding hydrogens is 268 g/mol. The Labute approximate surface area is 122 Å². The molecule has 1 atom stereocenters. The van der Waals surface area contributed by atoms with Gasteiger partial charge in [0.2, 0.25) is 0 Å². The molecule has 2 aromatic carbocycles. The van der Waals surface area contributed by atoms with Crippen LogP contribution in [0.15, 0.2) is 48.5 Å². The van der Waals surface area contributed by atoms with Gasteiger partial charge in [-0.2, -0.15) is 5.06 Å². The number of amides is 1. The summed E-state index contributed by atoms with van der Waals surface area (Å²) in [5.41, 5.74) is 1.96. The van der Waals surface area contributed by atoms with E-state index in [1.807, 2.05) is 43.3 Å². The summed E-state index contributed by atoms with van der Waals surface area (Å²) in [5, 5.41) is 14.0. The molecule has 1 aliphatic rings. The van der Waals surface area contributed by atoms with Crippen LogP contribution in [-0.4, -0.2) is 22.8 Å². The third-order valence-electron chi connectivity index (χ3n) is 3.41. The first kappa shape index (κ1) is 13.5. The highest BCUT2D eigenvalue weighted by Crippen LogP contribution is 2.32. The van der Waals surface area contributed by atoms with E-state index < -0.39 is 12.1 Å². The van der Waals surface area contributed by atoms with Crippen molar-refractivity contribution in [3.63, 3.8) is 0 Å². The molecule has 1 heterocycles. The minimum atomic E-state index is -0.608. The second-order valence-electron chi connectivity index (χ2n) is 4.74. The summed E-state index contributed by atoms with van der Waals surface area (Å²) in [6, 6.07) is 14.4. The van der Waals surface area contributed by atoms with Crippen molar-refractivity contribution in [3.8, 4) is 5.75 Å². The van der Waals surface area contributed by atoms with E-state index >= 15 is 0 Å². The number of hydroxylamine groups is 2. The van der Waals surface area contributed by atoms with Gasteiger partial charge >= 0.3 is 0 Å². The minimum Gasteiger partial charge on any atom is -0.494 e. The minimum absolute atomic E-state index is 0.414. The van der Waals surface area contributed by atoms with Gasteiger partial charge in [0.05, 0.1) is 12.2 Å². The van der Waals surface area contributed by atoms with Gasteiger partial charge in [0.25, 0.3) is 5.91 Å². The van der Waals surface area contributed by atoms with Crippen molar-refractivity contribution in [2.24, 2.45) is 0 Å². The molecule has 0 bridgehead atoms. The van der Waals surface area contributed by atoms with Crippen LogP contribution in [0.4, 0.5) is 5.69 Å². The van der Waals surface area contributed by atoms with E-state index in [0.29, 0.717) is 17.9 Å². The van der Waals surface area contributed by atoms with Crippen LogP contribution in [0.1, 0.15) is 29.0 Å². The third kappa shape index (κ3) is 2.43. The number of benzene rings is 2. The van der Waals surface area contributed by atoms with Crippen LogP contribution in [0, 0.1) is 0 Å². The number of nitrogens with zero attached hydrogens (tertiary/aromatic N) is 1. The summed E-state index contributed by atoms with van der Waals surface area (Å²) in [5.74, 6) is 0.344. The molecule has 1 unspecified atom stereocenters. The van der Waals surface area contributed by atoms with Crippen LogP contribution in [0.25, 0.3) is 0 Å². The van der Waals surface area contributed by atoms with E-state index in [1.54, 1.807) is 12.1 Å². The van der Waals surface area contributed by atoms with E-state index in [-0.39, 0.29) is 0 Å². The van der Waals surface area contributed by atoms with Crippen LogP contribution < -0.4 is 10.1 Å². The van der Waals surface area contributed by atoms with Crippen molar-refractivity contribution in [3.05, 3.63) is 59.7 Å². The average Bonchev–Trinajstić information content (AvgIpc) is 2.52. The number of ether oxygens (including phenoxy) is 1. The van der Waals surface area contributed by atoms with Crippen LogP contribution in [-0.2, 0) is 0 Å². The molecule has 5 nitrogen and oxygen atoms in total. The van der Waals surface area contributed by atoms with Gasteiger partial charge in [-0.3, -0.25) is 10.0 Å². The lowest BCUT2D eigenvalue weighted by Gasteiger charge is -2.33. The first-order valence-electron chi connectivity index (χ1n) is 6.81. The molecule has 0 saturated heterocycles. The second kappa shape index (κ2) is 5.46. The van der Waals surface area contributed by atoms with Gasteiger partial charge in [0.1, 0.15) is 5.75 Å². The van der Waals surface area contributed by atoms with Crippen LogP contribution in [0.3, 0.4) is 0 Å². The van der Waals surface area contributed by atoms with Crippen molar-refractivity contribution in [2.45, 2.75) is 13.1 Å². The van der Waals surface area contributed by atoms with Crippen LogP contribution in [0.5, 0.6) is 5.75 Å². The molecule has 2 aromatic rings. The topological polar surface area (TPSA) is 61.8 Å². The number of rotatable bonds is 3. The number of carbonyl (C=O) groups is 1. The molecule has 1 aliphatic heterocycles. The maximum atomic E-state index is 12.2. The van der Waals surface area contributed by atoms with Crippen molar-refractivity contribution in [1.82, 2.24) is 5.06 Å². The largest absolute Gasteiger partial charge is 0.494 e. The number of anilines is 1. The number of nitrogens with one attached hydrogen (secondary N) is 1. The van der Waals surface area contributed by atoms with Crippen molar-refractivity contribution >= 4 is 11.6 Å². The molecule has 0 aliphatic carbocycles. The molecule has 0 aromatic heterocycles. The standard InChI is InChI=1S/C16H16N2O3/c1-2-21-12-9-7-11(8-10-12)15-17-14-6-4-3-5-13(14)16(19)18(15)20/h3-10,15,17,20H,2H2,1H3. The first-order chi connectivity index (χ1) is 10.2. The Bertz CT molecular complexity index is 655. The fourth-order valence-electron chi connectivity index (χ4n) is 2.38. The first-order valence-corrected chi connectivity index (χ1v) is 6.81. The van der Waals surface area contributed by atoms with Crippen LogP contribution >= 0.6 is 0 Å². The summed E-state index contributed by atoms with van der Waals surface area (Å²) in [7, 11) is 0. The fraction of sp³-hybridized carbons (Fsp3) is 0.188. The molecule has 0 spiro atoms. The molecule has 0 fully saturated rings. The van der Waals surface area contributed by atoms with Crippen molar-refractivity contribution in [2.75, 3.05) is 11.9 Å². The summed E-state index contributed by atoms with van der Waals surface area (Å²) in [4.78, 5) is 12.2. The monoisotopic (exact) mass is 284 g/mol. The van der Waals surface area contributed by atoms with Gasteiger partial charge in [-0.25, -0.2) is 0 Å². The third-order valence-corrected chi connectivity index (χ3v) is 3.41. The molecule has 0 radical (unpaired) electrons. The average molecular weight is 284 g/mol. The van der Waals surface area contributed by atoms with Gasteiger partial charge in [0.15, 0.2) is 6.17 Å². The predicted octanol–water partition coefficient (Wildman–Crippen LogP) is 3.04. The SMILES string of the molecule is CCOc1ccc(C2Nc3ccccc3C(=O)N2O)cc1. The number of hydrogen-bond donors (Lipinski definition) is 2. The second-order valence-corrected chi connectivity index (χ2v) is 4.74. The van der Waals surface area contributed by atoms with Gasteiger partial charge in [-0.05, 0) is 36.8 Å². The molecule has 1 amide bonds. The zero-order valence-electron chi connectivity index (χ0n) is 11.6. The van der Waals surface area contributed by atoms with E-state index in [0.717, 1.165) is 16.4 Å². The van der Waals surface area contributed by atoms with Gasteiger partial charge in [-0.1, -0.05) is 24.3 Å². The molecule has 3 rings (SSSR count). The maximum Gasteiger partial charge on any atom is 0.281 e. The number of para-hydroxylation sites is 1.